The van der Waals surface area contributed by atoms with E-state index in [1.165, 1.54) is 20.3 Å². The Labute approximate surface area is 365 Å². The first-order chi connectivity index (χ1) is 30.8. The number of hydrogen-bond donors (Lipinski definition) is 1. The molecule has 0 fully saturated rings. The zero-order valence-electron chi connectivity index (χ0n) is 34.4. The lowest BCUT2D eigenvalue weighted by atomic mass is 9.73. The Morgan fingerprint density at radius 2 is 0.788 bits per heavy atom. The van der Waals surface area contributed by atoms with E-state index in [1.54, 1.807) is 0 Å². The lowest BCUT2D eigenvalue weighted by Crippen LogP contribution is -2.54. The number of hydrogen-bond acceptors (Lipinski definition) is 5. The number of phenols is 1. The van der Waals surface area contributed by atoms with E-state index in [9.17, 15) is 58.6 Å². The average Bonchev–Trinajstić information content (AvgIpc) is 3.25. The van der Waals surface area contributed by atoms with Crippen LogP contribution >= 0.6 is 0 Å². The molecule has 0 saturated carbocycles. The third kappa shape index (κ3) is 9.28. The van der Waals surface area contributed by atoms with Crippen molar-refractivity contribution in [3.63, 3.8) is 0 Å². The van der Waals surface area contributed by atoms with E-state index in [2.05, 4.69) is 13.8 Å². The largest absolute Gasteiger partial charge is 0.508 e. The van der Waals surface area contributed by atoms with E-state index >= 15 is 17.6 Å². The van der Waals surface area contributed by atoms with Crippen LogP contribution in [0.3, 0.4) is 0 Å². The molecule has 0 spiro atoms. The third-order valence-corrected chi connectivity index (χ3v) is 9.68. The highest BCUT2D eigenvalue weighted by Gasteiger charge is 2.72. The van der Waals surface area contributed by atoms with Crippen LogP contribution in [0.1, 0.15) is 88.6 Å². The fraction of sp³-hybridized carbons (Fsp3) is 0.191. The van der Waals surface area contributed by atoms with Gasteiger partial charge in [-0.25, -0.2) is 26.3 Å². The number of ketones is 2. The molecule has 0 radical (unpaired) electrons. The van der Waals surface area contributed by atoms with Crippen molar-refractivity contribution in [3.8, 4) is 28.7 Å². The Bertz CT molecular complexity index is 2680. The number of phenolic OH excluding ortho intramolecular Hbond substituents is 1. The smallest absolute Gasteiger partial charge is 0.411 e. The minimum Gasteiger partial charge on any atom is -0.508 e. The molecule has 0 amide bonds. The first-order valence-corrected chi connectivity index (χ1v) is 19.2. The molecule has 0 atom stereocenters. The van der Waals surface area contributed by atoms with Gasteiger partial charge in [-0.3, -0.25) is 9.59 Å². The van der Waals surface area contributed by atoms with E-state index in [4.69, 9.17) is 9.47 Å². The molecule has 19 heteroatoms. The zero-order chi connectivity index (χ0) is 49.2. The van der Waals surface area contributed by atoms with Crippen LogP contribution in [-0.4, -0.2) is 29.0 Å². The summed E-state index contributed by atoms with van der Waals surface area (Å²) in [7, 11) is 0. The standard InChI is InChI=1S/C44H24F14O5.C3H8/c1-19(2)28-31(45)33(47)29(34(48)32(28)46)39(60)20-3-13-25(14-4-20)62-26-15-5-21(6-16-26)40(61)30-35(49)37(51)41(38(52)36(30)50)63-27-17-9-23(10-18-27)42(43(53,54)55,44(56,57)58)22-7-11-24(59)12-8-22;1-3-2/h3-19,59H,1-2H3;3H2,1-2H3. The first kappa shape index (κ1) is 50.1. The molecule has 6 aromatic carbocycles. The summed E-state index contributed by atoms with van der Waals surface area (Å²) < 4.78 is 216. The molecular weight excluding hydrogens is 910 g/mol. The Kier molecular flexibility index (Phi) is 14.6. The van der Waals surface area contributed by atoms with Gasteiger partial charge in [0.2, 0.25) is 22.8 Å². The summed E-state index contributed by atoms with van der Waals surface area (Å²) in [5.41, 5.74) is -12.6. The quantitative estimate of drug-likeness (QED) is 0.0796. The summed E-state index contributed by atoms with van der Waals surface area (Å²) in [6, 6.07) is 11.4. The van der Waals surface area contributed by atoms with Gasteiger partial charge in [0, 0.05) is 16.7 Å². The van der Waals surface area contributed by atoms with E-state index in [1.807, 2.05) is 0 Å². The van der Waals surface area contributed by atoms with Gasteiger partial charge in [0.05, 0.1) is 0 Å². The maximum atomic E-state index is 15.3. The number of rotatable bonds is 11. The van der Waals surface area contributed by atoms with Gasteiger partial charge in [-0.1, -0.05) is 58.4 Å². The van der Waals surface area contributed by atoms with Crippen LogP contribution in [0, 0.1) is 46.5 Å². The lowest BCUT2D eigenvalue weighted by Gasteiger charge is -2.38. The van der Waals surface area contributed by atoms with Crippen molar-refractivity contribution in [2.24, 2.45) is 0 Å². The van der Waals surface area contributed by atoms with Gasteiger partial charge in [-0.15, -0.1) is 0 Å². The predicted octanol–water partition coefficient (Wildman–Crippen LogP) is 14.5. The Hall–Kier alpha value is -6.92. The minimum absolute atomic E-state index is 0.0529. The van der Waals surface area contributed by atoms with Crippen molar-refractivity contribution in [1.82, 2.24) is 0 Å². The fourth-order valence-electron chi connectivity index (χ4n) is 6.61. The van der Waals surface area contributed by atoms with Crippen molar-refractivity contribution >= 4 is 11.6 Å². The van der Waals surface area contributed by atoms with Crippen LogP contribution in [0.2, 0.25) is 0 Å². The molecule has 0 aliphatic heterocycles. The van der Waals surface area contributed by atoms with Gasteiger partial charge in [0.25, 0.3) is 0 Å². The molecule has 0 aliphatic carbocycles. The summed E-state index contributed by atoms with van der Waals surface area (Å²) in [6.07, 6.45) is -10.9. The summed E-state index contributed by atoms with van der Waals surface area (Å²) >= 11 is 0. The van der Waals surface area contributed by atoms with Gasteiger partial charge < -0.3 is 14.6 Å². The molecule has 348 valence electrons. The monoisotopic (exact) mass is 942 g/mol. The third-order valence-electron chi connectivity index (χ3n) is 9.68. The molecule has 1 N–H and O–H groups in total. The molecule has 0 aliphatic rings. The molecule has 6 rings (SSSR count). The van der Waals surface area contributed by atoms with Crippen molar-refractivity contribution in [2.75, 3.05) is 0 Å². The predicted molar refractivity (Wildman–Crippen MR) is 210 cm³/mol. The Morgan fingerprint density at radius 1 is 0.485 bits per heavy atom. The Balaban J connectivity index is 0.00000265. The number of benzene rings is 6. The maximum absolute atomic E-state index is 15.3. The van der Waals surface area contributed by atoms with Crippen molar-refractivity contribution in [1.29, 1.82) is 0 Å². The highest BCUT2D eigenvalue weighted by molar-refractivity contribution is 6.10. The highest BCUT2D eigenvalue weighted by atomic mass is 19.4. The maximum Gasteiger partial charge on any atom is 0.411 e. The number of ether oxygens (including phenoxy) is 2. The molecule has 5 nitrogen and oxygen atoms in total. The van der Waals surface area contributed by atoms with Crippen LogP contribution in [0.4, 0.5) is 61.5 Å². The van der Waals surface area contributed by atoms with Crippen molar-refractivity contribution in [3.05, 3.63) is 183 Å². The van der Waals surface area contributed by atoms with E-state index in [0.717, 1.165) is 48.5 Å². The van der Waals surface area contributed by atoms with Gasteiger partial charge in [0.15, 0.2) is 46.5 Å². The van der Waals surface area contributed by atoms with Crippen LogP contribution in [-0.2, 0) is 5.41 Å². The summed E-state index contributed by atoms with van der Waals surface area (Å²) in [6.45, 7) is 6.82. The summed E-state index contributed by atoms with van der Waals surface area (Å²) in [5.74, 6) is -23.9. The molecule has 0 unspecified atom stereocenters. The van der Waals surface area contributed by atoms with Crippen LogP contribution in [0.15, 0.2) is 97.1 Å². The molecular formula is C47H32F14O5. The van der Waals surface area contributed by atoms with Gasteiger partial charge in [-0.2, -0.15) is 35.1 Å². The topological polar surface area (TPSA) is 72.8 Å². The summed E-state index contributed by atoms with van der Waals surface area (Å²) in [5, 5.41) is 9.44. The highest BCUT2D eigenvalue weighted by Crippen LogP contribution is 2.56. The Morgan fingerprint density at radius 3 is 1.12 bits per heavy atom. The lowest BCUT2D eigenvalue weighted by molar-refractivity contribution is -0.288. The number of halogens is 14. The van der Waals surface area contributed by atoms with Gasteiger partial charge in [-0.05, 0) is 89.8 Å². The second-order valence-electron chi connectivity index (χ2n) is 14.6. The second kappa shape index (κ2) is 19.3. The van der Waals surface area contributed by atoms with Crippen LogP contribution < -0.4 is 9.47 Å². The second-order valence-corrected chi connectivity index (χ2v) is 14.6. The normalized spacial score (nSPS) is 11.9. The number of alkyl halides is 6. The van der Waals surface area contributed by atoms with Crippen LogP contribution in [0.5, 0.6) is 28.7 Å². The number of carbonyl (C=O) groups is 2. The van der Waals surface area contributed by atoms with Crippen LogP contribution in [0.25, 0.3) is 0 Å². The molecule has 0 heterocycles. The number of aromatic hydroxyl groups is 1. The molecule has 0 bridgehead atoms. The fourth-order valence-corrected chi connectivity index (χ4v) is 6.61. The van der Waals surface area contributed by atoms with E-state index in [-0.39, 0.29) is 23.6 Å². The van der Waals surface area contributed by atoms with Crippen molar-refractivity contribution in [2.45, 2.75) is 57.8 Å². The number of carbonyl (C=O) groups excluding carboxylic acids is 2. The molecule has 0 aromatic heterocycles. The molecule has 0 saturated heterocycles. The molecule has 6 aromatic rings. The average molecular weight is 943 g/mol. The first-order valence-electron chi connectivity index (χ1n) is 19.2. The van der Waals surface area contributed by atoms with Crippen molar-refractivity contribution < 1.29 is 85.6 Å². The van der Waals surface area contributed by atoms with Gasteiger partial charge >= 0.3 is 12.4 Å². The zero-order valence-corrected chi connectivity index (χ0v) is 34.4. The van der Waals surface area contributed by atoms with Gasteiger partial charge in [0.1, 0.15) is 34.1 Å². The van der Waals surface area contributed by atoms with E-state index < -0.39 is 138 Å². The summed E-state index contributed by atoms with van der Waals surface area (Å²) in [4.78, 5) is 25.9. The SMILES string of the molecule is CC(C)c1c(F)c(F)c(C(=O)c2ccc(Oc3ccc(C(=O)c4c(F)c(F)c(Oc5ccc(C(c6ccc(O)cc6)(C(F)(F)F)C(F)(F)F)cc5)c(F)c4F)cc3)cc2)c(F)c1F.CCC. The van der Waals surface area contributed by atoms with E-state index in [0.29, 0.717) is 36.4 Å². The minimum atomic E-state index is -6.05. The molecule has 66 heavy (non-hydrogen) atoms.